The van der Waals surface area contributed by atoms with Crippen LogP contribution in [0.3, 0.4) is 0 Å². The molecule has 0 spiro atoms. The van der Waals surface area contributed by atoms with Crippen molar-refractivity contribution in [2.75, 3.05) is 32.8 Å². The highest BCUT2D eigenvalue weighted by Gasteiger charge is 2.42. The van der Waals surface area contributed by atoms with Crippen LogP contribution >= 0.6 is 15.9 Å². The van der Waals surface area contributed by atoms with E-state index in [-0.39, 0.29) is 21.8 Å². The van der Waals surface area contributed by atoms with Crippen molar-refractivity contribution in [2.24, 2.45) is 0 Å². The smallest absolute Gasteiger partial charge is 0.244 e. The van der Waals surface area contributed by atoms with Crippen LogP contribution in [0, 0.1) is 5.82 Å². The number of carbonyl (C=O) groups excluding carboxylic acids is 1. The second-order valence-corrected chi connectivity index (χ2v) is 8.50. The van der Waals surface area contributed by atoms with Gasteiger partial charge in [0.2, 0.25) is 15.9 Å². The molecule has 9 heteroatoms. The van der Waals surface area contributed by atoms with Crippen molar-refractivity contribution in [3.8, 4) is 0 Å². The normalized spacial score (nSPS) is 22.8. The van der Waals surface area contributed by atoms with Gasteiger partial charge in [-0.1, -0.05) is 0 Å². The Morgan fingerprint density at radius 2 is 1.96 bits per heavy atom. The number of benzene rings is 1. The first kappa shape index (κ1) is 17.8. The molecule has 6 nitrogen and oxygen atoms in total. The van der Waals surface area contributed by atoms with Crippen molar-refractivity contribution in [2.45, 2.75) is 23.8 Å². The maximum Gasteiger partial charge on any atom is 0.244 e. The van der Waals surface area contributed by atoms with Gasteiger partial charge < -0.3 is 9.64 Å². The number of hydrogen-bond acceptors (Lipinski definition) is 4. The number of halogens is 2. The summed E-state index contributed by atoms with van der Waals surface area (Å²) in [5, 5.41) is 0. The molecule has 2 aliphatic heterocycles. The molecule has 1 aromatic carbocycles. The fraction of sp³-hybridized carbons (Fsp3) is 0.533. The molecule has 24 heavy (non-hydrogen) atoms. The summed E-state index contributed by atoms with van der Waals surface area (Å²) < 4.78 is 45.8. The Balaban J connectivity index is 1.87. The Morgan fingerprint density at radius 3 is 2.62 bits per heavy atom. The highest BCUT2D eigenvalue weighted by molar-refractivity contribution is 9.10. The molecular formula is C15H18BrFN2O4S. The lowest BCUT2D eigenvalue weighted by Crippen LogP contribution is -2.51. The Labute approximate surface area is 148 Å². The summed E-state index contributed by atoms with van der Waals surface area (Å²) in [5.41, 5.74) is 0. The number of carbonyl (C=O) groups is 1. The summed E-state index contributed by atoms with van der Waals surface area (Å²) >= 11 is 3.11. The topological polar surface area (TPSA) is 66.9 Å². The van der Waals surface area contributed by atoms with E-state index in [4.69, 9.17) is 4.74 Å². The van der Waals surface area contributed by atoms with Crippen LogP contribution in [0.4, 0.5) is 4.39 Å². The molecule has 0 aromatic heterocycles. The number of hydrogen-bond donors (Lipinski definition) is 0. The third kappa shape index (κ3) is 3.35. The quantitative estimate of drug-likeness (QED) is 0.744. The lowest BCUT2D eigenvalue weighted by atomic mass is 10.2. The van der Waals surface area contributed by atoms with Gasteiger partial charge in [-0.15, -0.1) is 0 Å². The van der Waals surface area contributed by atoms with E-state index in [0.29, 0.717) is 39.1 Å². The van der Waals surface area contributed by atoms with Crippen molar-refractivity contribution in [1.82, 2.24) is 9.21 Å². The van der Waals surface area contributed by atoms with E-state index in [1.165, 1.54) is 10.4 Å². The molecule has 0 aliphatic carbocycles. The predicted molar refractivity (Wildman–Crippen MR) is 88.4 cm³/mol. The predicted octanol–water partition coefficient (Wildman–Crippen LogP) is 1.60. The summed E-state index contributed by atoms with van der Waals surface area (Å²) in [6.45, 7) is 2.17. The van der Waals surface area contributed by atoms with Crippen LogP contribution in [0.5, 0.6) is 0 Å². The van der Waals surface area contributed by atoms with Crippen LogP contribution in [0.15, 0.2) is 27.6 Å². The van der Waals surface area contributed by atoms with E-state index in [2.05, 4.69) is 15.9 Å². The molecule has 0 saturated carbocycles. The minimum Gasteiger partial charge on any atom is -0.378 e. The summed E-state index contributed by atoms with van der Waals surface area (Å²) in [5.74, 6) is -0.708. The van der Waals surface area contributed by atoms with Crippen molar-refractivity contribution in [1.29, 1.82) is 0 Å². The van der Waals surface area contributed by atoms with Crippen LogP contribution in [-0.4, -0.2) is 62.4 Å². The zero-order valence-corrected chi connectivity index (χ0v) is 15.4. The Bertz CT molecular complexity index is 737. The maximum atomic E-state index is 13.2. The standard InChI is InChI=1S/C15H18BrFN2O4S/c16-12-10-11(17)3-4-14(12)24(21,22)19-5-1-2-13(19)15(20)18-6-8-23-9-7-18/h3-4,10,13H,1-2,5-9H2. The molecule has 2 heterocycles. The molecule has 1 amide bonds. The monoisotopic (exact) mass is 420 g/mol. The lowest BCUT2D eigenvalue weighted by Gasteiger charge is -2.32. The van der Waals surface area contributed by atoms with Crippen LogP contribution in [0.1, 0.15) is 12.8 Å². The molecule has 0 bridgehead atoms. The Hall–Kier alpha value is -1.03. The van der Waals surface area contributed by atoms with Gasteiger partial charge in [0.1, 0.15) is 11.9 Å². The van der Waals surface area contributed by atoms with Crippen molar-refractivity contribution in [3.05, 3.63) is 28.5 Å². The number of morpholine rings is 1. The second-order valence-electron chi connectivity index (χ2n) is 5.79. The SMILES string of the molecule is O=C(C1CCCN1S(=O)(=O)c1ccc(F)cc1Br)N1CCOCC1. The van der Waals surface area contributed by atoms with Gasteiger partial charge >= 0.3 is 0 Å². The van der Waals surface area contributed by atoms with E-state index in [1.54, 1.807) is 4.90 Å². The van der Waals surface area contributed by atoms with Crippen molar-refractivity contribution in [3.63, 3.8) is 0 Å². The molecule has 2 aliphatic rings. The molecule has 1 atom stereocenters. The van der Waals surface area contributed by atoms with Crippen LogP contribution in [0.25, 0.3) is 0 Å². The van der Waals surface area contributed by atoms with Crippen molar-refractivity contribution < 1.29 is 22.3 Å². The van der Waals surface area contributed by atoms with Gasteiger partial charge in [0, 0.05) is 24.1 Å². The number of rotatable bonds is 3. The molecule has 132 valence electrons. The second kappa shape index (κ2) is 7.07. The first-order valence-electron chi connectivity index (χ1n) is 7.74. The summed E-state index contributed by atoms with van der Waals surface area (Å²) in [6, 6.07) is 2.74. The first-order chi connectivity index (χ1) is 11.4. The van der Waals surface area contributed by atoms with Crippen molar-refractivity contribution >= 4 is 31.9 Å². The molecule has 0 radical (unpaired) electrons. The van der Waals surface area contributed by atoms with Gasteiger partial charge in [0.25, 0.3) is 0 Å². The summed E-state index contributed by atoms with van der Waals surface area (Å²) in [4.78, 5) is 14.4. The molecule has 3 rings (SSSR count). The first-order valence-corrected chi connectivity index (χ1v) is 9.98. The minimum absolute atomic E-state index is 0.0226. The number of amides is 1. The van der Waals surface area contributed by atoms with E-state index < -0.39 is 21.9 Å². The fourth-order valence-corrected chi connectivity index (χ4v) is 5.74. The largest absolute Gasteiger partial charge is 0.378 e. The van der Waals surface area contributed by atoms with Gasteiger partial charge in [0.05, 0.1) is 18.1 Å². The number of nitrogens with zero attached hydrogens (tertiary/aromatic N) is 2. The maximum absolute atomic E-state index is 13.2. The van der Waals surface area contributed by atoms with E-state index in [0.717, 1.165) is 12.1 Å². The Morgan fingerprint density at radius 1 is 1.25 bits per heavy atom. The molecule has 2 fully saturated rings. The third-order valence-corrected chi connectivity index (χ3v) is 7.18. The molecule has 2 saturated heterocycles. The van der Waals surface area contributed by atoms with Gasteiger partial charge in [-0.05, 0) is 47.0 Å². The molecule has 1 unspecified atom stereocenters. The molecule has 0 N–H and O–H groups in total. The Kier molecular flexibility index (Phi) is 5.24. The fourth-order valence-electron chi connectivity index (χ4n) is 3.08. The average molecular weight is 421 g/mol. The highest BCUT2D eigenvalue weighted by atomic mass is 79.9. The van der Waals surface area contributed by atoms with Crippen LogP contribution in [-0.2, 0) is 19.6 Å². The van der Waals surface area contributed by atoms with Gasteiger partial charge in [-0.3, -0.25) is 4.79 Å². The zero-order chi connectivity index (χ0) is 17.3. The minimum atomic E-state index is -3.88. The summed E-state index contributed by atoms with van der Waals surface area (Å²) in [7, 11) is -3.88. The van der Waals surface area contributed by atoms with E-state index >= 15 is 0 Å². The van der Waals surface area contributed by atoms with Crippen LogP contribution in [0.2, 0.25) is 0 Å². The van der Waals surface area contributed by atoms with Gasteiger partial charge in [-0.2, -0.15) is 4.31 Å². The van der Waals surface area contributed by atoms with Gasteiger partial charge in [0.15, 0.2) is 0 Å². The number of sulfonamides is 1. The number of ether oxygens (including phenoxy) is 1. The molecular weight excluding hydrogens is 403 g/mol. The zero-order valence-electron chi connectivity index (χ0n) is 13.0. The average Bonchev–Trinajstić information content (AvgIpc) is 3.05. The third-order valence-electron chi connectivity index (χ3n) is 4.29. The summed E-state index contributed by atoms with van der Waals surface area (Å²) in [6.07, 6.45) is 1.12. The highest BCUT2D eigenvalue weighted by Crippen LogP contribution is 2.31. The van der Waals surface area contributed by atoms with Gasteiger partial charge in [-0.25, -0.2) is 12.8 Å². The molecule has 1 aromatic rings. The van der Waals surface area contributed by atoms with E-state index in [1.807, 2.05) is 0 Å². The van der Waals surface area contributed by atoms with Crippen LogP contribution < -0.4 is 0 Å². The van der Waals surface area contributed by atoms with E-state index in [9.17, 15) is 17.6 Å². The lowest BCUT2D eigenvalue weighted by molar-refractivity contribution is -0.138.